The molecule has 25 heavy (non-hydrogen) atoms. The first-order valence-corrected chi connectivity index (χ1v) is 7.94. The number of ether oxygens (including phenoxy) is 2. The van der Waals surface area contributed by atoms with Crippen LogP contribution in [0.2, 0.25) is 0 Å². The molecule has 0 unspecified atom stereocenters. The number of aromatic nitrogens is 2. The van der Waals surface area contributed by atoms with E-state index in [1.165, 1.54) is 24.3 Å². The number of nitrogens with zero attached hydrogens (tertiary/aromatic N) is 4. The van der Waals surface area contributed by atoms with Crippen molar-refractivity contribution in [2.45, 2.75) is 0 Å². The van der Waals surface area contributed by atoms with Gasteiger partial charge in [-0.15, -0.1) is 10.2 Å². The van der Waals surface area contributed by atoms with Crippen LogP contribution in [0.3, 0.4) is 0 Å². The number of halogens is 1. The van der Waals surface area contributed by atoms with Gasteiger partial charge in [-0.1, -0.05) is 0 Å². The molecular weight excluding hydrogens is 327 g/mol. The maximum atomic E-state index is 12.8. The lowest BCUT2D eigenvalue weighted by Crippen LogP contribution is -2.50. The molecule has 2 aromatic rings. The zero-order valence-corrected chi connectivity index (χ0v) is 13.9. The molecule has 7 nitrogen and oxygen atoms in total. The van der Waals surface area contributed by atoms with Crippen LogP contribution in [-0.2, 0) is 4.79 Å². The van der Waals surface area contributed by atoms with Gasteiger partial charge in [0.2, 0.25) is 5.88 Å². The summed E-state index contributed by atoms with van der Waals surface area (Å²) in [6.45, 7) is 2.44. The first-order chi connectivity index (χ1) is 12.2. The average Bonchev–Trinajstić information content (AvgIpc) is 2.67. The van der Waals surface area contributed by atoms with Crippen LogP contribution in [0.25, 0.3) is 0 Å². The summed E-state index contributed by atoms with van der Waals surface area (Å²) in [5.74, 6) is 1.27. The van der Waals surface area contributed by atoms with Gasteiger partial charge in [-0.05, 0) is 30.3 Å². The lowest BCUT2D eigenvalue weighted by atomic mass is 10.3. The number of benzene rings is 1. The molecule has 0 atom stereocenters. The van der Waals surface area contributed by atoms with Crippen LogP contribution in [0.4, 0.5) is 10.2 Å². The highest BCUT2D eigenvalue weighted by molar-refractivity contribution is 5.78. The van der Waals surface area contributed by atoms with Crippen molar-refractivity contribution in [3.05, 3.63) is 42.2 Å². The molecule has 0 saturated carbocycles. The molecule has 0 bridgehead atoms. The lowest BCUT2D eigenvalue weighted by Gasteiger charge is -2.35. The van der Waals surface area contributed by atoms with E-state index in [2.05, 4.69) is 15.1 Å². The predicted molar refractivity (Wildman–Crippen MR) is 89.3 cm³/mol. The molecule has 132 valence electrons. The van der Waals surface area contributed by atoms with Gasteiger partial charge in [0.15, 0.2) is 12.4 Å². The molecular formula is C17H19FN4O3. The van der Waals surface area contributed by atoms with Crippen molar-refractivity contribution in [1.29, 1.82) is 0 Å². The highest BCUT2D eigenvalue weighted by atomic mass is 19.1. The molecule has 1 aromatic heterocycles. The number of amides is 1. The molecule has 1 saturated heterocycles. The fourth-order valence-electron chi connectivity index (χ4n) is 2.54. The quantitative estimate of drug-likeness (QED) is 0.814. The Morgan fingerprint density at radius 3 is 2.40 bits per heavy atom. The molecule has 1 aliphatic heterocycles. The van der Waals surface area contributed by atoms with Gasteiger partial charge >= 0.3 is 0 Å². The van der Waals surface area contributed by atoms with Crippen LogP contribution in [0.5, 0.6) is 11.6 Å². The third-order valence-electron chi connectivity index (χ3n) is 3.97. The Labute approximate surface area is 145 Å². The van der Waals surface area contributed by atoms with Crippen molar-refractivity contribution in [1.82, 2.24) is 15.1 Å². The Bertz CT molecular complexity index is 701. The van der Waals surface area contributed by atoms with Gasteiger partial charge in [-0.25, -0.2) is 4.39 Å². The summed E-state index contributed by atoms with van der Waals surface area (Å²) in [6, 6.07) is 9.21. The molecule has 0 spiro atoms. The van der Waals surface area contributed by atoms with E-state index in [4.69, 9.17) is 9.47 Å². The van der Waals surface area contributed by atoms with Crippen molar-refractivity contribution < 1.29 is 18.7 Å². The number of carbonyl (C=O) groups excluding carboxylic acids is 1. The Balaban J connectivity index is 1.47. The Hall–Kier alpha value is -2.90. The summed E-state index contributed by atoms with van der Waals surface area (Å²) in [5.41, 5.74) is 0. The Morgan fingerprint density at radius 1 is 1.08 bits per heavy atom. The van der Waals surface area contributed by atoms with Crippen molar-refractivity contribution in [3.63, 3.8) is 0 Å². The van der Waals surface area contributed by atoms with Crippen molar-refractivity contribution >= 4 is 11.7 Å². The fourth-order valence-corrected chi connectivity index (χ4v) is 2.54. The molecule has 1 amide bonds. The highest BCUT2D eigenvalue weighted by Gasteiger charge is 2.22. The Morgan fingerprint density at radius 2 is 1.80 bits per heavy atom. The second kappa shape index (κ2) is 7.78. The summed E-state index contributed by atoms with van der Waals surface area (Å²) < 4.78 is 23.2. The van der Waals surface area contributed by atoms with Crippen LogP contribution in [0, 0.1) is 5.82 Å². The maximum absolute atomic E-state index is 12.8. The largest absolute Gasteiger partial charge is 0.484 e. The number of piperazine rings is 1. The van der Waals surface area contributed by atoms with E-state index in [1.54, 1.807) is 18.1 Å². The topological polar surface area (TPSA) is 67.8 Å². The highest BCUT2D eigenvalue weighted by Crippen LogP contribution is 2.15. The van der Waals surface area contributed by atoms with Crippen LogP contribution in [0.1, 0.15) is 0 Å². The van der Waals surface area contributed by atoms with E-state index < -0.39 is 0 Å². The van der Waals surface area contributed by atoms with Crippen LogP contribution in [0.15, 0.2) is 36.4 Å². The minimum absolute atomic E-state index is 0.0615. The van der Waals surface area contributed by atoms with Gasteiger partial charge in [-0.2, -0.15) is 0 Å². The first-order valence-electron chi connectivity index (χ1n) is 7.94. The summed E-state index contributed by atoms with van der Waals surface area (Å²) >= 11 is 0. The molecule has 1 aromatic carbocycles. The third kappa shape index (κ3) is 4.34. The molecule has 8 heteroatoms. The van der Waals surface area contributed by atoms with Crippen LogP contribution < -0.4 is 14.4 Å². The minimum atomic E-state index is -0.337. The molecule has 1 fully saturated rings. The summed E-state index contributed by atoms with van der Waals surface area (Å²) in [4.78, 5) is 16.0. The predicted octanol–water partition coefficient (Wildman–Crippen LogP) is 1.35. The van der Waals surface area contributed by atoms with E-state index >= 15 is 0 Å². The maximum Gasteiger partial charge on any atom is 0.260 e. The van der Waals surface area contributed by atoms with Gasteiger partial charge < -0.3 is 19.3 Å². The van der Waals surface area contributed by atoms with Crippen molar-refractivity contribution in [3.8, 4) is 11.6 Å². The van der Waals surface area contributed by atoms with Gasteiger partial charge in [-0.3, -0.25) is 4.79 Å². The number of hydrogen-bond acceptors (Lipinski definition) is 6. The van der Waals surface area contributed by atoms with Gasteiger partial charge in [0.1, 0.15) is 11.6 Å². The normalized spacial score (nSPS) is 14.3. The zero-order valence-electron chi connectivity index (χ0n) is 13.9. The fraction of sp³-hybridized carbons (Fsp3) is 0.353. The summed E-state index contributed by atoms with van der Waals surface area (Å²) in [7, 11) is 1.54. The molecule has 2 heterocycles. The number of anilines is 1. The van der Waals surface area contributed by atoms with E-state index in [0.29, 0.717) is 37.8 Å². The molecule has 3 rings (SSSR count). The van der Waals surface area contributed by atoms with Crippen molar-refractivity contribution in [2.24, 2.45) is 0 Å². The third-order valence-corrected chi connectivity index (χ3v) is 3.97. The Kier molecular flexibility index (Phi) is 5.27. The SMILES string of the molecule is COc1ccc(N2CCN(C(=O)COc3ccc(F)cc3)CC2)nn1. The van der Waals surface area contributed by atoms with Gasteiger partial charge in [0, 0.05) is 32.2 Å². The number of methoxy groups -OCH3 is 1. The lowest BCUT2D eigenvalue weighted by molar-refractivity contribution is -0.133. The van der Waals surface area contributed by atoms with Crippen LogP contribution >= 0.6 is 0 Å². The molecule has 0 aliphatic carbocycles. The number of rotatable bonds is 5. The second-order valence-corrected chi connectivity index (χ2v) is 5.54. The van der Waals surface area contributed by atoms with Crippen molar-refractivity contribution in [2.75, 3.05) is 44.8 Å². The zero-order chi connectivity index (χ0) is 17.6. The van der Waals surface area contributed by atoms with Gasteiger partial charge in [0.05, 0.1) is 7.11 Å². The molecule has 0 radical (unpaired) electrons. The van der Waals surface area contributed by atoms with E-state index in [-0.39, 0.29) is 18.3 Å². The monoisotopic (exact) mass is 346 g/mol. The molecule has 0 N–H and O–H groups in total. The van der Waals surface area contributed by atoms with Gasteiger partial charge in [0.25, 0.3) is 5.91 Å². The smallest absolute Gasteiger partial charge is 0.260 e. The number of hydrogen-bond donors (Lipinski definition) is 0. The first kappa shape index (κ1) is 16.9. The van der Waals surface area contributed by atoms with E-state index in [0.717, 1.165) is 5.82 Å². The average molecular weight is 346 g/mol. The van der Waals surface area contributed by atoms with E-state index in [1.807, 2.05) is 6.07 Å². The standard InChI is InChI=1S/C17H19FN4O3/c1-24-16-7-6-15(19-20-16)21-8-10-22(11-9-21)17(23)12-25-14-4-2-13(18)3-5-14/h2-7H,8-12H2,1H3. The second-order valence-electron chi connectivity index (χ2n) is 5.54. The van der Waals surface area contributed by atoms with Crippen LogP contribution in [-0.4, -0.2) is 60.9 Å². The molecule has 1 aliphatic rings. The van der Waals surface area contributed by atoms with E-state index in [9.17, 15) is 9.18 Å². The minimum Gasteiger partial charge on any atom is -0.484 e. The number of carbonyl (C=O) groups is 1. The summed E-state index contributed by atoms with van der Waals surface area (Å²) in [6.07, 6.45) is 0. The summed E-state index contributed by atoms with van der Waals surface area (Å²) in [5, 5.41) is 8.07.